The van der Waals surface area contributed by atoms with Gasteiger partial charge in [-0.1, -0.05) is 13.2 Å². The van der Waals surface area contributed by atoms with E-state index in [0.717, 1.165) is 30.7 Å². The van der Waals surface area contributed by atoms with Crippen molar-refractivity contribution in [1.82, 2.24) is 0 Å². The molecule has 0 aliphatic heterocycles. The zero-order valence-electron chi connectivity index (χ0n) is 11.6. The Kier molecular flexibility index (Phi) is 6.00. The molecular weight excluding hydrogens is 298 g/mol. The molecule has 0 aliphatic rings. The molecule has 5 nitrogen and oxygen atoms in total. The lowest BCUT2D eigenvalue weighted by molar-refractivity contribution is -0.133. The normalized spacial score (nSPS) is 10.1. The van der Waals surface area contributed by atoms with Crippen LogP contribution >= 0.6 is 0 Å². The molecule has 116 valence electrons. The molecule has 0 spiro atoms. The largest absolute Gasteiger partial charge is 0.459 e. The van der Waals surface area contributed by atoms with Gasteiger partial charge < -0.3 is 14.2 Å². The molecule has 0 saturated heterocycles. The molecule has 0 radical (unpaired) electrons. The van der Waals surface area contributed by atoms with Gasteiger partial charge in [-0.25, -0.2) is 9.59 Å². The first kappa shape index (κ1) is 17.1. The second kappa shape index (κ2) is 7.72. The molecule has 0 unspecified atom stereocenters. The lowest BCUT2D eigenvalue weighted by Crippen LogP contribution is -2.06. The van der Waals surface area contributed by atoms with Crippen molar-refractivity contribution in [3.8, 4) is 11.5 Å². The van der Waals surface area contributed by atoms with Gasteiger partial charge in [0.2, 0.25) is 11.6 Å². The van der Waals surface area contributed by atoms with Crippen LogP contribution in [0.1, 0.15) is 6.92 Å². The summed E-state index contributed by atoms with van der Waals surface area (Å²) in [4.78, 5) is 22.0. The van der Waals surface area contributed by atoms with Crippen LogP contribution in [0.3, 0.4) is 0 Å². The highest BCUT2D eigenvalue weighted by Crippen LogP contribution is 2.27. The van der Waals surface area contributed by atoms with E-state index in [2.05, 4.69) is 22.6 Å². The molecule has 7 heteroatoms. The Labute approximate surface area is 125 Å². The van der Waals surface area contributed by atoms with Crippen molar-refractivity contribution in [2.75, 3.05) is 0 Å². The standard InChI is InChI=1S/C15H12F2O5/c1-4-12(18)22-11-6-5-10(13(16)14(11)17)20-7-8-21-15(19)9(2)3/h4-8H,1-2H2,3H3. The number of halogens is 2. The van der Waals surface area contributed by atoms with Crippen LogP contribution in [0.4, 0.5) is 8.78 Å². The smallest absolute Gasteiger partial charge is 0.338 e. The fourth-order valence-corrected chi connectivity index (χ4v) is 1.13. The fourth-order valence-electron chi connectivity index (χ4n) is 1.13. The van der Waals surface area contributed by atoms with E-state index in [-0.39, 0.29) is 5.57 Å². The molecular formula is C15H12F2O5. The van der Waals surface area contributed by atoms with E-state index in [1.807, 2.05) is 0 Å². The van der Waals surface area contributed by atoms with Crippen molar-refractivity contribution in [2.45, 2.75) is 6.92 Å². The van der Waals surface area contributed by atoms with E-state index in [0.29, 0.717) is 0 Å². The molecule has 22 heavy (non-hydrogen) atoms. The molecule has 0 aromatic heterocycles. The predicted molar refractivity (Wildman–Crippen MR) is 72.9 cm³/mol. The second-order valence-electron chi connectivity index (χ2n) is 3.89. The monoisotopic (exact) mass is 310 g/mol. The highest BCUT2D eigenvalue weighted by atomic mass is 19.2. The summed E-state index contributed by atoms with van der Waals surface area (Å²) >= 11 is 0. The van der Waals surface area contributed by atoms with Crippen molar-refractivity contribution in [3.63, 3.8) is 0 Å². The van der Waals surface area contributed by atoms with Crippen molar-refractivity contribution in [2.24, 2.45) is 0 Å². The van der Waals surface area contributed by atoms with Gasteiger partial charge in [0.05, 0.1) is 0 Å². The molecule has 0 atom stereocenters. The maximum atomic E-state index is 13.7. The number of benzene rings is 1. The number of hydrogen-bond acceptors (Lipinski definition) is 5. The topological polar surface area (TPSA) is 61.8 Å². The highest BCUT2D eigenvalue weighted by molar-refractivity contribution is 5.87. The average molecular weight is 310 g/mol. The number of carbonyl (C=O) groups is 2. The van der Waals surface area contributed by atoms with E-state index in [1.54, 1.807) is 0 Å². The van der Waals surface area contributed by atoms with Gasteiger partial charge in [0, 0.05) is 11.6 Å². The van der Waals surface area contributed by atoms with Gasteiger partial charge >= 0.3 is 11.9 Å². The zero-order chi connectivity index (χ0) is 16.7. The van der Waals surface area contributed by atoms with Gasteiger partial charge in [-0.15, -0.1) is 0 Å². The fraction of sp³-hybridized carbons (Fsp3) is 0.0667. The van der Waals surface area contributed by atoms with E-state index >= 15 is 0 Å². The van der Waals surface area contributed by atoms with E-state index in [9.17, 15) is 18.4 Å². The minimum atomic E-state index is -1.40. The van der Waals surface area contributed by atoms with Gasteiger partial charge in [-0.3, -0.25) is 0 Å². The molecule has 1 aromatic carbocycles. The van der Waals surface area contributed by atoms with Crippen molar-refractivity contribution in [3.05, 3.63) is 61.1 Å². The van der Waals surface area contributed by atoms with Gasteiger partial charge in [0.1, 0.15) is 12.5 Å². The maximum Gasteiger partial charge on any atom is 0.338 e. The Hall–Kier alpha value is -2.96. The predicted octanol–water partition coefficient (Wildman–Crippen LogP) is 3.03. The number of ether oxygens (including phenoxy) is 3. The Balaban J connectivity index is 2.77. The Bertz CT molecular complexity index is 650. The number of rotatable bonds is 6. The van der Waals surface area contributed by atoms with Crippen LogP contribution in [0.25, 0.3) is 0 Å². The molecule has 0 saturated carbocycles. The van der Waals surface area contributed by atoms with Crippen molar-refractivity contribution in [1.29, 1.82) is 0 Å². The Morgan fingerprint density at radius 3 is 2.32 bits per heavy atom. The molecule has 0 bridgehead atoms. The van der Waals surface area contributed by atoms with E-state index in [1.165, 1.54) is 6.92 Å². The summed E-state index contributed by atoms with van der Waals surface area (Å²) in [6.45, 7) is 7.92. The summed E-state index contributed by atoms with van der Waals surface area (Å²) < 4.78 is 41.1. The summed E-state index contributed by atoms with van der Waals surface area (Å²) in [7, 11) is 0. The minimum Gasteiger partial charge on any atom is -0.459 e. The van der Waals surface area contributed by atoms with Gasteiger partial charge in [-0.2, -0.15) is 8.78 Å². The van der Waals surface area contributed by atoms with Gasteiger partial charge in [0.25, 0.3) is 0 Å². The van der Waals surface area contributed by atoms with E-state index < -0.39 is 35.1 Å². The third-order valence-corrected chi connectivity index (χ3v) is 2.16. The minimum absolute atomic E-state index is 0.162. The Morgan fingerprint density at radius 2 is 1.73 bits per heavy atom. The summed E-state index contributed by atoms with van der Waals surface area (Å²) in [6.07, 6.45) is 2.49. The lowest BCUT2D eigenvalue weighted by atomic mass is 10.3. The first-order valence-electron chi connectivity index (χ1n) is 5.87. The molecule has 0 fully saturated rings. The lowest BCUT2D eigenvalue weighted by Gasteiger charge is -2.07. The third-order valence-electron chi connectivity index (χ3n) is 2.16. The average Bonchev–Trinajstić information content (AvgIpc) is 2.49. The molecule has 1 rings (SSSR count). The first-order valence-corrected chi connectivity index (χ1v) is 5.87. The molecule has 0 aliphatic carbocycles. The SMILES string of the molecule is C=CC(=O)Oc1ccc(OC=COC(=O)C(=C)C)c(F)c1F. The van der Waals surface area contributed by atoms with Gasteiger partial charge in [-0.05, 0) is 19.1 Å². The maximum absolute atomic E-state index is 13.7. The highest BCUT2D eigenvalue weighted by Gasteiger charge is 2.16. The first-order chi connectivity index (χ1) is 10.4. The van der Waals surface area contributed by atoms with Crippen LogP contribution in [0, 0.1) is 11.6 Å². The molecule has 0 heterocycles. The summed E-state index contributed by atoms with van der Waals surface area (Å²) in [5, 5.41) is 0. The summed E-state index contributed by atoms with van der Waals surface area (Å²) in [5.41, 5.74) is 0.162. The van der Waals surface area contributed by atoms with Gasteiger partial charge in [0.15, 0.2) is 11.5 Å². The summed E-state index contributed by atoms with van der Waals surface area (Å²) in [5.74, 6) is -5.49. The van der Waals surface area contributed by atoms with Crippen molar-refractivity contribution < 1.29 is 32.6 Å². The van der Waals surface area contributed by atoms with Crippen LogP contribution < -0.4 is 9.47 Å². The van der Waals surface area contributed by atoms with Crippen LogP contribution in [0.5, 0.6) is 11.5 Å². The molecule has 1 aromatic rings. The van der Waals surface area contributed by atoms with E-state index in [4.69, 9.17) is 4.74 Å². The van der Waals surface area contributed by atoms with Crippen LogP contribution in [0.2, 0.25) is 0 Å². The quantitative estimate of drug-likeness (QED) is 0.350. The second-order valence-corrected chi connectivity index (χ2v) is 3.89. The number of carbonyl (C=O) groups excluding carboxylic acids is 2. The molecule has 0 N–H and O–H groups in total. The van der Waals surface area contributed by atoms with Crippen LogP contribution in [-0.4, -0.2) is 11.9 Å². The third kappa shape index (κ3) is 4.55. The van der Waals surface area contributed by atoms with Crippen LogP contribution in [0.15, 0.2) is 49.5 Å². The van der Waals surface area contributed by atoms with Crippen LogP contribution in [-0.2, 0) is 14.3 Å². The van der Waals surface area contributed by atoms with Crippen molar-refractivity contribution >= 4 is 11.9 Å². The molecule has 0 amide bonds. The summed E-state index contributed by atoms with van der Waals surface area (Å²) in [6, 6.07) is 2.04. The number of esters is 2. The number of hydrogen-bond donors (Lipinski definition) is 0. The zero-order valence-corrected chi connectivity index (χ0v) is 11.6. The Morgan fingerprint density at radius 1 is 1.14 bits per heavy atom.